The van der Waals surface area contributed by atoms with E-state index in [4.69, 9.17) is 20.8 Å². The van der Waals surface area contributed by atoms with Gasteiger partial charge in [0.05, 0.1) is 24.9 Å². The molecule has 4 rings (SSSR count). The molecule has 6 nitrogen and oxygen atoms in total. The summed E-state index contributed by atoms with van der Waals surface area (Å²) in [6, 6.07) is 15.2. The highest BCUT2D eigenvalue weighted by molar-refractivity contribution is 6.31. The number of aromatic nitrogens is 1. The number of carbonyl (C=O) groups is 1. The Hall–Kier alpha value is -2.80. The molecule has 0 unspecified atom stereocenters. The Balaban J connectivity index is 1.35. The highest BCUT2D eigenvalue weighted by Crippen LogP contribution is 2.30. The zero-order valence-electron chi connectivity index (χ0n) is 16.5. The van der Waals surface area contributed by atoms with Gasteiger partial charge in [0.2, 0.25) is 5.91 Å². The Morgan fingerprint density at radius 2 is 2.07 bits per heavy atom. The lowest BCUT2D eigenvalue weighted by Gasteiger charge is -2.16. The van der Waals surface area contributed by atoms with Crippen LogP contribution in [0.3, 0.4) is 0 Å². The summed E-state index contributed by atoms with van der Waals surface area (Å²) in [6.45, 7) is 2.35. The van der Waals surface area contributed by atoms with Gasteiger partial charge in [0.15, 0.2) is 0 Å². The number of aliphatic hydroxyl groups excluding tert-OH is 1. The minimum Gasteiger partial charge on any atom is -0.467 e. The van der Waals surface area contributed by atoms with E-state index in [0.717, 1.165) is 27.4 Å². The fourth-order valence-electron chi connectivity index (χ4n) is 3.43. The van der Waals surface area contributed by atoms with Crippen molar-refractivity contribution in [3.8, 4) is 0 Å². The molecule has 2 heterocycles. The molecule has 2 aromatic heterocycles. The maximum atomic E-state index is 12.6. The van der Waals surface area contributed by atoms with E-state index in [-0.39, 0.29) is 31.6 Å². The van der Waals surface area contributed by atoms with E-state index in [1.165, 1.54) is 0 Å². The van der Waals surface area contributed by atoms with Gasteiger partial charge in [-0.05, 0) is 48.9 Å². The van der Waals surface area contributed by atoms with E-state index in [1.807, 2.05) is 43.3 Å². The number of fused-ring (bicyclic) bond motifs is 3. The second-order valence-corrected chi connectivity index (χ2v) is 7.77. The standard InChI is InChI=1S/C23H23ClN2O4/c1-14(23(28)25-11-17(27)12-29-13-18-3-2-8-30-18)15-4-6-19-20-10-16(24)5-7-21(20)26-22(19)9-15/h2-10,14,17,26-27H,11-13H2,1H3,(H,25,28)/t14-,17-/m1/s1. The molecule has 7 heteroatoms. The SMILES string of the molecule is C[C@@H](C(=O)NC[C@@H](O)COCc1ccco1)c1ccc2c(c1)[nH]c1ccc(Cl)cc12. The van der Waals surface area contributed by atoms with Gasteiger partial charge in [-0.2, -0.15) is 0 Å². The maximum Gasteiger partial charge on any atom is 0.227 e. The third-order valence-corrected chi connectivity index (χ3v) is 5.36. The van der Waals surface area contributed by atoms with Crippen molar-refractivity contribution in [3.05, 3.63) is 71.1 Å². The predicted molar refractivity (Wildman–Crippen MR) is 117 cm³/mol. The average molecular weight is 427 g/mol. The Bertz CT molecular complexity index is 1150. The smallest absolute Gasteiger partial charge is 0.227 e. The van der Waals surface area contributed by atoms with E-state index in [9.17, 15) is 9.90 Å². The molecule has 2 atom stereocenters. The Morgan fingerprint density at radius 3 is 2.87 bits per heavy atom. The number of furan rings is 1. The van der Waals surface area contributed by atoms with Gasteiger partial charge < -0.3 is 24.6 Å². The van der Waals surface area contributed by atoms with Crippen molar-refractivity contribution in [2.45, 2.75) is 25.6 Å². The first kappa shape index (κ1) is 20.5. The Morgan fingerprint density at radius 1 is 1.20 bits per heavy atom. The van der Waals surface area contributed by atoms with Crippen LogP contribution in [0.5, 0.6) is 0 Å². The number of rotatable bonds is 8. The molecule has 0 saturated heterocycles. The van der Waals surface area contributed by atoms with Gasteiger partial charge in [0, 0.05) is 33.4 Å². The summed E-state index contributed by atoms with van der Waals surface area (Å²) in [6.07, 6.45) is 0.774. The molecule has 0 spiro atoms. The van der Waals surface area contributed by atoms with E-state index in [1.54, 1.807) is 18.4 Å². The number of ether oxygens (including phenoxy) is 1. The first-order chi connectivity index (χ1) is 14.5. The van der Waals surface area contributed by atoms with Crippen molar-refractivity contribution in [2.24, 2.45) is 0 Å². The van der Waals surface area contributed by atoms with Crippen LogP contribution in [0.4, 0.5) is 0 Å². The van der Waals surface area contributed by atoms with Crippen molar-refractivity contribution in [2.75, 3.05) is 13.2 Å². The van der Waals surface area contributed by atoms with Crippen LogP contribution in [0.2, 0.25) is 5.02 Å². The average Bonchev–Trinajstić information content (AvgIpc) is 3.38. The number of halogens is 1. The van der Waals surface area contributed by atoms with Gasteiger partial charge in [-0.3, -0.25) is 4.79 Å². The molecule has 0 bridgehead atoms. The van der Waals surface area contributed by atoms with Crippen molar-refractivity contribution in [1.29, 1.82) is 0 Å². The summed E-state index contributed by atoms with van der Waals surface area (Å²) in [5.41, 5.74) is 2.85. The summed E-state index contributed by atoms with van der Waals surface area (Å²) in [5, 5.41) is 15.6. The summed E-state index contributed by atoms with van der Waals surface area (Å²) < 4.78 is 10.6. The van der Waals surface area contributed by atoms with Crippen LogP contribution in [-0.2, 0) is 16.1 Å². The number of nitrogens with one attached hydrogen (secondary N) is 2. The van der Waals surface area contributed by atoms with Gasteiger partial charge in [0.25, 0.3) is 0 Å². The van der Waals surface area contributed by atoms with E-state index >= 15 is 0 Å². The van der Waals surface area contributed by atoms with Gasteiger partial charge in [-0.1, -0.05) is 23.7 Å². The summed E-state index contributed by atoms with van der Waals surface area (Å²) >= 11 is 6.12. The number of benzene rings is 2. The number of amides is 1. The van der Waals surface area contributed by atoms with Crippen LogP contribution in [-0.4, -0.2) is 35.3 Å². The first-order valence-electron chi connectivity index (χ1n) is 9.78. The predicted octanol–water partition coefficient (Wildman–Crippen LogP) is 4.36. The molecule has 4 aromatic rings. The zero-order valence-corrected chi connectivity index (χ0v) is 17.3. The highest BCUT2D eigenvalue weighted by Gasteiger charge is 2.17. The minimum atomic E-state index is -0.794. The monoisotopic (exact) mass is 426 g/mol. The molecule has 0 fully saturated rings. The highest BCUT2D eigenvalue weighted by atomic mass is 35.5. The van der Waals surface area contributed by atoms with Crippen molar-refractivity contribution < 1.29 is 19.1 Å². The van der Waals surface area contributed by atoms with E-state index in [0.29, 0.717) is 10.8 Å². The van der Waals surface area contributed by atoms with Gasteiger partial charge in [-0.25, -0.2) is 0 Å². The third kappa shape index (κ3) is 4.51. The number of hydrogen-bond donors (Lipinski definition) is 3. The fraction of sp³-hybridized carbons (Fsp3) is 0.261. The summed E-state index contributed by atoms with van der Waals surface area (Å²) in [7, 11) is 0. The van der Waals surface area contributed by atoms with E-state index < -0.39 is 6.10 Å². The number of carbonyl (C=O) groups excluding carboxylic acids is 1. The summed E-state index contributed by atoms with van der Waals surface area (Å²) in [4.78, 5) is 15.9. The van der Waals surface area contributed by atoms with Gasteiger partial charge in [0.1, 0.15) is 12.4 Å². The molecule has 0 aliphatic carbocycles. The van der Waals surface area contributed by atoms with Crippen molar-refractivity contribution in [1.82, 2.24) is 10.3 Å². The Labute approximate surface area is 178 Å². The lowest BCUT2D eigenvalue weighted by molar-refractivity contribution is -0.122. The molecule has 1 amide bonds. The topological polar surface area (TPSA) is 87.5 Å². The number of hydrogen-bond acceptors (Lipinski definition) is 4. The van der Waals surface area contributed by atoms with Crippen LogP contribution in [0.1, 0.15) is 24.2 Å². The molecule has 0 radical (unpaired) electrons. The minimum absolute atomic E-state index is 0.110. The molecule has 2 aromatic carbocycles. The molecule has 30 heavy (non-hydrogen) atoms. The summed E-state index contributed by atoms with van der Waals surface area (Å²) in [5.74, 6) is 0.175. The molecular weight excluding hydrogens is 404 g/mol. The molecule has 0 saturated carbocycles. The van der Waals surface area contributed by atoms with Crippen LogP contribution in [0.15, 0.2) is 59.2 Å². The fourth-order valence-corrected chi connectivity index (χ4v) is 3.61. The number of H-pyrrole nitrogens is 1. The maximum absolute atomic E-state index is 12.6. The second-order valence-electron chi connectivity index (χ2n) is 7.34. The van der Waals surface area contributed by atoms with Crippen LogP contribution in [0, 0.1) is 0 Å². The second kappa shape index (κ2) is 8.92. The van der Waals surface area contributed by atoms with Crippen LogP contribution >= 0.6 is 11.6 Å². The third-order valence-electron chi connectivity index (χ3n) is 5.12. The van der Waals surface area contributed by atoms with Gasteiger partial charge in [-0.15, -0.1) is 0 Å². The zero-order chi connectivity index (χ0) is 21.1. The quantitative estimate of drug-likeness (QED) is 0.390. The van der Waals surface area contributed by atoms with Crippen LogP contribution in [0.25, 0.3) is 21.8 Å². The lowest BCUT2D eigenvalue weighted by atomic mass is 9.98. The number of aliphatic hydroxyl groups is 1. The normalized spacial score (nSPS) is 13.6. The molecule has 0 aliphatic rings. The molecule has 156 valence electrons. The Kier molecular flexibility index (Phi) is 6.08. The molecule has 0 aliphatic heterocycles. The first-order valence-corrected chi connectivity index (χ1v) is 10.2. The van der Waals surface area contributed by atoms with Gasteiger partial charge >= 0.3 is 0 Å². The molecule has 3 N–H and O–H groups in total. The van der Waals surface area contributed by atoms with Crippen molar-refractivity contribution in [3.63, 3.8) is 0 Å². The van der Waals surface area contributed by atoms with Crippen LogP contribution < -0.4 is 5.32 Å². The molecular formula is C23H23ClN2O4. The van der Waals surface area contributed by atoms with E-state index in [2.05, 4.69) is 10.3 Å². The lowest BCUT2D eigenvalue weighted by Crippen LogP contribution is -2.36. The van der Waals surface area contributed by atoms with Crippen molar-refractivity contribution >= 4 is 39.3 Å². The number of aromatic amines is 1. The largest absolute Gasteiger partial charge is 0.467 e.